The molecule has 0 aliphatic carbocycles. The smallest absolute Gasteiger partial charge is 0.191 e. The van der Waals surface area contributed by atoms with Crippen molar-refractivity contribution in [3.05, 3.63) is 0 Å². The maximum atomic E-state index is 11.9. The highest BCUT2D eigenvalue weighted by Gasteiger charge is 2.27. The molecule has 10 nitrogen and oxygen atoms in total. The Morgan fingerprint density at radius 3 is 1.56 bits per heavy atom. The molecule has 0 unspecified atom stereocenters. The third kappa shape index (κ3) is 13.8. The molecule has 210 valence electrons. The van der Waals surface area contributed by atoms with Gasteiger partial charge in [-0.05, 0) is 32.1 Å². The van der Waals surface area contributed by atoms with Crippen LogP contribution in [0.4, 0.5) is 0 Å². The summed E-state index contributed by atoms with van der Waals surface area (Å²) in [6.07, 6.45) is 4.29. The van der Waals surface area contributed by atoms with Gasteiger partial charge < -0.3 is 32.7 Å². The zero-order valence-corrected chi connectivity index (χ0v) is 22.8. The molecule has 0 bridgehead atoms. The molecule has 2 aliphatic rings. The summed E-state index contributed by atoms with van der Waals surface area (Å²) in [6, 6.07) is -0.705. The number of hydrogen-bond acceptors (Lipinski definition) is 10. The second-order valence-electron chi connectivity index (χ2n) is 11.2. The van der Waals surface area contributed by atoms with Crippen molar-refractivity contribution in [1.29, 1.82) is 0 Å². The first-order valence-corrected chi connectivity index (χ1v) is 13.0. The Hall–Kier alpha value is -2.20. The van der Waals surface area contributed by atoms with Crippen molar-refractivity contribution in [1.82, 2.24) is 21.3 Å². The summed E-state index contributed by atoms with van der Waals surface area (Å²) in [5.74, 6) is 2.00. The summed E-state index contributed by atoms with van der Waals surface area (Å²) in [5, 5.41) is 12.7. The number of rotatable bonds is 10. The number of hydrogen-bond donors (Lipinski definition) is 6. The SMILES string of the molecule is C.CC(C)(C)C(=O)[C@H](N)CCCNC1=NCCCN1.CC(C)(C)C(=O)[C@H](N)CCCNC1=NCCN1. The molecule has 36 heavy (non-hydrogen) atoms. The zero-order chi connectivity index (χ0) is 26.5. The fourth-order valence-corrected chi connectivity index (χ4v) is 3.60. The van der Waals surface area contributed by atoms with Gasteiger partial charge in [0, 0.05) is 43.6 Å². The van der Waals surface area contributed by atoms with E-state index in [4.69, 9.17) is 11.5 Å². The zero-order valence-electron chi connectivity index (χ0n) is 22.8. The van der Waals surface area contributed by atoms with Gasteiger partial charge in [0.2, 0.25) is 0 Å². The number of Topliss-reactive ketones (excluding diaryl/α,β-unsaturated/α-hetero) is 2. The number of guanidine groups is 2. The third-order valence-electron chi connectivity index (χ3n) is 5.69. The quantitative estimate of drug-likeness (QED) is 0.241. The molecule has 2 heterocycles. The lowest BCUT2D eigenvalue weighted by molar-refractivity contribution is -0.128. The molecular formula is C26H54N8O2. The van der Waals surface area contributed by atoms with Crippen LogP contribution in [0.2, 0.25) is 0 Å². The monoisotopic (exact) mass is 510 g/mol. The van der Waals surface area contributed by atoms with Crippen molar-refractivity contribution in [2.24, 2.45) is 32.3 Å². The van der Waals surface area contributed by atoms with Gasteiger partial charge in [-0.25, -0.2) is 0 Å². The first-order chi connectivity index (χ1) is 16.3. The normalized spacial score (nSPS) is 17.0. The van der Waals surface area contributed by atoms with E-state index >= 15 is 0 Å². The van der Waals surface area contributed by atoms with Crippen molar-refractivity contribution in [2.75, 3.05) is 39.3 Å². The van der Waals surface area contributed by atoms with Crippen LogP contribution in [0.15, 0.2) is 9.98 Å². The molecule has 0 aromatic rings. The van der Waals surface area contributed by atoms with Crippen LogP contribution in [0.1, 0.15) is 81.1 Å². The van der Waals surface area contributed by atoms with Crippen molar-refractivity contribution in [3.8, 4) is 0 Å². The predicted molar refractivity (Wildman–Crippen MR) is 151 cm³/mol. The number of aliphatic imine (C=N–C) groups is 2. The molecule has 0 fully saturated rings. The number of carbonyl (C=O) groups excluding carboxylic acids is 2. The molecule has 2 rings (SSSR count). The van der Waals surface area contributed by atoms with Crippen molar-refractivity contribution in [3.63, 3.8) is 0 Å². The van der Waals surface area contributed by atoms with Crippen LogP contribution in [0, 0.1) is 10.8 Å². The van der Waals surface area contributed by atoms with Crippen LogP contribution in [0.5, 0.6) is 0 Å². The molecule has 0 spiro atoms. The number of nitrogens with zero attached hydrogens (tertiary/aromatic N) is 2. The van der Waals surface area contributed by atoms with Crippen LogP contribution in [0.3, 0.4) is 0 Å². The van der Waals surface area contributed by atoms with Crippen LogP contribution in [-0.4, -0.2) is 74.8 Å². The van der Waals surface area contributed by atoms with Gasteiger partial charge in [-0.3, -0.25) is 19.6 Å². The van der Waals surface area contributed by atoms with E-state index in [9.17, 15) is 9.59 Å². The Balaban J connectivity index is 0.000000663. The summed E-state index contributed by atoms with van der Waals surface area (Å²) in [7, 11) is 0. The number of nitrogens with two attached hydrogens (primary N) is 2. The van der Waals surface area contributed by atoms with Gasteiger partial charge in [-0.1, -0.05) is 49.0 Å². The third-order valence-corrected chi connectivity index (χ3v) is 5.69. The van der Waals surface area contributed by atoms with Crippen molar-refractivity contribution >= 4 is 23.5 Å². The van der Waals surface area contributed by atoms with Gasteiger partial charge in [0.15, 0.2) is 23.5 Å². The Kier molecular flexibility index (Phi) is 15.5. The lowest BCUT2D eigenvalue weighted by Crippen LogP contribution is -2.42. The van der Waals surface area contributed by atoms with Crippen LogP contribution >= 0.6 is 0 Å². The standard InChI is InChI=1S/C13H26N4O.C12H24N4O.CH4/c1-13(2,3)11(18)10(14)6-4-7-15-12-16-8-5-9-17-12;1-12(2,3)10(17)9(13)5-4-6-14-11-15-7-8-16-11;/h10H,4-9,14H2,1-3H3,(H2,15,16,17);9H,4-8,13H2,1-3H3,(H2,14,15,16);1H4/t10-;9-;/m11./s1. The molecule has 0 aromatic heterocycles. The number of nitrogens with one attached hydrogen (secondary N) is 4. The lowest BCUT2D eigenvalue weighted by atomic mass is 9.85. The second-order valence-corrected chi connectivity index (χ2v) is 11.2. The summed E-state index contributed by atoms with van der Waals surface area (Å²) >= 11 is 0. The summed E-state index contributed by atoms with van der Waals surface area (Å²) < 4.78 is 0. The van der Waals surface area contributed by atoms with Gasteiger partial charge in [-0.2, -0.15) is 0 Å². The Morgan fingerprint density at radius 2 is 1.22 bits per heavy atom. The highest BCUT2D eigenvalue weighted by molar-refractivity contribution is 5.89. The summed E-state index contributed by atoms with van der Waals surface area (Å²) in [6.45, 7) is 16.7. The first kappa shape index (κ1) is 33.8. The minimum absolute atomic E-state index is 0. The van der Waals surface area contributed by atoms with E-state index in [1.807, 2.05) is 41.5 Å². The van der Waals surface area contributed by atoms with Gasteiger partial charge in [-0.15, -0.1) is 0 Å². The molecule has 8 N–H and O–H groups in total. The molecular weight excluding hydrogens is 456 g/mol. The van der Waals surface area contributed by atoms with E-state index in [1.54, 1.807) is 0 Å². The van der Waals surface area contributed by atoms with Gasteiger partial charge in [0.1, 0.15) is 0 Å². The molecule has 0 radical (unpaired) electrons. The highest BCUT2D eigenvalue weighted by atomic mass is 16.1. The maximum absolute atomic E-state index is 11.9. The lowest BCUT2D eigenvalue weighted by Gasteiger charge is -2.22. The molecule has 0 aromatic carbocycles. The molecule has 10 heteroatoms. The fourth-order valence-electron chi connectivity index (χ4n) is 3.60. The predicted octanol–water partition coefficient (Wildman–Crippen LogP) is 1.54. The fraction of sp³-hybridized carbons (Fsp3) is 0.846. The number of ketones is 2. The first-order valence-electron chi connectivity index (χ1n) is 13.0. The van der Waals surface area contributed by atoms with Crippen LogP contribution in [0.25, 0.3) is 0 Å². The average Bonchev–Trinajstić information content (AvgIpc) is 3.32. The van der Waals surface area contributed by atoms with E-state index in [-0.39, 0.29) is 41.9 Å². The Morgan fingerprint density at radius 1 is 0.806 bits per heavy atom. The highest BCUT2D eigenvalue weighted by Crippen LogP contribution is 2.18. The summed E-state index contributed by atoms with van der Waals surface area (Å²) in [4.78, 5) is 32.3. The van der Waals surface area contributed by atoms with Crippen LogP contribution in [-0.2, 0) is 9.59 Å². The van der Waals surface area contributed by atoms with Gasteiger partial charge >= 0.3 is 0 Å². The Labute approximate surface area is 219 Å². The molecule has 0 saturated carbocycles. The minimum atomic E-state index is -0.354. The molecule has 2 aliphatic heterocycles. The van der Waals surface area contributed by atoms with Gasteiger partial charge in [0.25, 0.3) is 0 Å². The van der Waals surface area contributed by atoms with E-state index in [2.05, 4.69) is 31.3 Å². The minimum Gasteiger partial charge on any atom is -0.356 e. The van der Waals surface area contributed by atoms with E-state index in [1.165, 1.54) is 0 Å². The molecule has 0 amide bonds. The Bertz CT molecular complexity index is 722. The number of carbonyl (C=O) groups is 2. The largest absolute Gasteiger partial charge is 0.356 e. The van der Waals surface area contributed by atoms with Crippen molar-refractivity contribution < 1.29 is 9.59 Å². The van der Waals surface area contributed by atoms with E-state index in [0.717, 1.165) is 83.3 Å². The topological polar surface area (TPSA) is 159 Å². The van der Waals surface area contributed by atoms with Crippen LogP contribution < -0.4 is 32.7 Å². The maximum Gasteiger partial charge on any atom is 0.191 e. The van der Waals surface area contributed by atoms with E-state index < -0.39 is 0 Å². The molecule has 2 atom stereocenters. The molecule has 0 saturated heterocycles. The van der Waals surface area contributed by atoms with Crippen molar-refractivity contribution in [2.45, 2.75) is 93.2 Å². The summed E-state index contributed by atoms with van der Waals surface area (Å²) in [5.41, 5.74) is 11.1. The second kappa shape index (κ2) is 16.5. The average molecular weight is 511 g/mol. The van der Waals surface area contributed by atoms with E-state index in [0.29, 0.717) is 0 Å². The van der Waals surface area contributed by atoms with Gasteiger partial charge in [0.05, 0.1) is 18.6 Å².